The van der Waals surface area contributed by atoms with Crippen molar-refractivity contribution in [3.05, 3.63) is 59.2 Å². The van der Waals surface area contributed by atoms with Crippen LogP contribution in [0.5, 0.6) is 0 Å². The first-order valence-corrected chi connectivity index (χ1v) is 17.9. The van der Waals surface area contributed by atoms with Crippen LogP contribution in [0.2, 0.25) is 0 Å². The monoisotopic (exact) mass is 561 g/mol. The minimum Gasteiger partial charge on any atom is -0.0654 e. The zero-order valence-corrected chi connectivity index (χ0v) is 29.0. The molecule has 0 saturated carbocycles. The summed E-state index contributed by atoms with van der Waals surface area (Å²) in [4.78, 5) is 0. The van der Waals surface area contributed by atoms with Crippen molar-refractivity contribution in [1.29, 1.82) is 0 Å². The van der Waals surface area contributed by atoms with Crippen LogP contribution in [-0.2, 0) is 10.8 Å². The molecule has 0 aromatic heterocycles. The van der Waals surface area contributed by atoms with E-state index >= 15 is 0 Å². The van der Waals surface area contributed by atoms with Crippen LogP contribution in [0.3, 0.4) is 0 Å². The molecule has 0 spiro atoms. The molecular formula is C41H68. The zero-order chi connectivity index (χ0) is 30.3. The Kier molecular flexibility index (Phi) is 15.8. The highest BCUT2D eigenvalue weighted by Crippen LogP contribution is 2.55. The Morgan fingerprint density at radius 2 is 1.12 bits per heavy atom. The second kappa shape index (κ2) is 18.2. The van der Waals surface area contributed by atoms with Gasteiger partial charge in [0.05, 0.1) is 0 Å². The van der Waals surface area contributed by atoms with Gasteiger partial charge in [-0.05, 0) is 64.3 Å². The molecule has 41 heavy (non-hydrogen) atoms. The predicted octanol–water partition coefficient (Wildman–Crippen LogP) is 13.8. The summed E-state index contributed by atoms with van der Waals surface area (Å²) in [5, 5.41) is 0. The molecule has 0 N–H and O–H groups in total. The average Bonchev–Trinajstić information content (AvgIpc) is 3.25. The maximum absolute atomic E-state index is 2.63. The quantitative estimate of drug-likeness (QED) is 0.159. The van der Waals surface area contributed by atoms with Gasteiger partial charge in [-0.3, -0.25) is 0 Å². The molecule has 2 aromatic carbocycles. The van der Waals surface area contributed by atoms with Gasteiger partial charge in [-0.15, -0.1) is 0 Å². The average molecular weight is 561 g/mol. The third-order valence-corrected chi connectivity index (χ3v) is 10.6. The van der Waals surface area contributed by atoms with E-state index in [2.05, 4.69) is 105 Å². The van der Waals surface area contributed by atoms with E-state index in [1.807, 2.05) is 0 Å². The molecule has 1 atom stereocenters. The second-order valence-corrected chi connectivity index (χ2v) is 14.3. The number of benzene rings is 2. The van der Waals surface area contributed by atoms with Crippen molar-refractivity contribution < 1.29 is 0 Å². The SMILES string of the molecule is CCC(C)C(C)C.CCCCCCCCC1(CCCCCCCC)c2ccccc2-c2ccc(C(C)(C)CC)cc21. The first-order valence-electron chi connectivity index (χ1n) is 17.9. The number of fused-ring (bicyclic) bond motifs is 3. The normalized spacial score (nSPS) is 14.4. The Labute approximate surface area is 257 Å². The van der Waals surface area contributed by atoms with E-state index in [0.29, 0.717) is 0 Å². The Morgan fingerprint density at radius 3 is 1.61 bits per heavy atom. The van der Waals surface area contributed by atoms with Crippen LogP contribution in [0.4, 0.5) is 0 Å². The summed E-state index contributed by atoms with van der Waals surface area (Å²) < 4.78 is 0. The molecule has 1 aliphatic carbocycles. The largest absolute Gasteiger partial charge is 0.0654 e. The standard InChI is InChI=1S/C34H52.C7H16/c1-6-9-11-13-15-19-25-34(26-20-16-14-12-10-7-2)31-22-18-17-21-29(31)30-24-23-28(27-32(30)34)33(4,5)8-3;1-5-7(4)6(2)3/h17-18,21-24,27H,6-16,19-20,25-26H2,1-5H3;6-7H,5H2,1-4H3. The van der Waals surface area contributed by atoms with Crippen molar-refractivity contribution in [1.82, 2.24) is 0 Å². The van der Waals surface area contributed by atoms with Gasteiger partial charge in [-0.25, -0.2) is 0 Å². The van der Waals surface area contributed by atoms with Crippen LogP contribution in [0.15, 0.2) is 42.5 Å². The van der Waals surface area contributed by atoms with Crippen LogP contribution < -0.4 is 0 Å². The third kappa shape index (κ3) is 10.0. The molecule has 2 aromatic rings. The smallest absolute Gasteiger partial charge is 0.0215 e. The maximum Gasteiger partial charge on any atom is 0.0215 e. The summed E-state index contributed by atoms with van der Waals surface area (Å²) in [6.45, 7) is 20.9. The molecule has 0 nitrogen and oxygen atoms in total. The van der Waals surface area contributed by atoms with Crippen LogP contribution in [-0.4, -0.2) is 0 Å². The van der Waals surface area contributed by atoms with Gasteiger partial charge in [-0.1, -0.05) is 188 Å². The summed E-state index contributed by atoms with van der Waals surface area (Å²) in [5.41, 5.74) is 8.26. The van der Waals surface area contributed by atoms with E-state index < -0.39 is 0 Å². The van der Waals surface area contributed by atoms with Gasteiger partial charge < -0.3 is 0 Å². The Hall–Kier alpha value is -1.56. The van der Waals surface area contributed by atoms with Gasteiger partial charge in [-0.2, -0.15) is 0 Å². The van der Waals surface area contributed by atoms with Crippen molar-refractivity contribution in [3.8, 4) is 11.1 Å². The molecule has 0 fully saturated rings. The van der Waals surface area contributed by atoms with Gasteiger partial charge >= 0.3 is 0 Å². The molecule has 1 aliphatic rings. The molecule has 0 saturated heterocycles. The lowest BCUT2D eigenvalue weighted by molar-refractivity contribution is 0.396. The lowest BCUT2D eigenvalue weighted by Crippen LogP contribution is -2.26. The molecule has 0 heteroatoms. The number of rotatable bonds is 18. The lowest BCUT2D eigenvalue weighted by atomic mass is 9.69. The van der Waals surface area contributed by atoms with Gasteiger partial charge in [0, 0.05) is 5.41 Å². The lowest BCUT2D eigenvalue weighted by Gasteiger charge is -2.34. The molecule has 1 unspecified atom stereocenters. The highest BCUT2D eigenvalue weighted by atomic mass is 14.5. The zero-order valence-electron chi connectivity index (χ0n) is 29.0. The van der Waals surface area contributed by atoms with Crippen molar-refractivity contribution in [2.45, 2.75) is 176 Å². The molecule has 0 bridgehead atoms. The molecular weight excluding hydrogens is 492 g/mol. The Balaban J connectivity index is 0.000000745. The number of hydrogen-bond acceptors (Lipinski definition) is 0. The van der Waals surface area contributed by atoms with E-state index in [9.17, 15) is 0 Å². The van der Waals surface area contributed by atoms with Crippen molar-refractivity contribution in [2.75, 3.05) is 0 Å². The van der Waals surface area contributed by atoms with Crippen LogP contribution in [0.25, 0.3) is 11.1 Å². The van der Waals surface area contributed by atoms with Crippen LogP contribution in [0.1, 0.15) is 182 Å². The topological polar surface area (TPSA) is 0 Å². The summed E-state index contributed by atoms with van der Waals surface area (Å²) in [7, 11) is 0. The maximum atomic E-state index is 2.63. The summed E-state index contributed by atoms with van der Waals surface area (Å²) in [6.07, 6.45) is 21.7. The second-order valence-electron chi connectivity index (χ2n) is 14.3. The van der Waals surface area contributed by atoms with Crippen LogP contribution >= 0.6 is 0 Å². The molecule has 3 rings (SSSR count). The Morgan fingerprint density at radius 1 is 0.610 bits per heavy atom. The molecule has 0 aliphatic heterocycles. The van der Waals surface area contributed by atoms with Gasteiger partial charge in [0.15, 0.2) is 0 Å². The highest BCUT2D eigenvalue weighted by molar-refractivity contribution is 5.81. The minimum atomic E-state index is 0.210. The van der Waals surface area contributed by atoms with Gasteiger partial charge in [0.2, 0.25) is 0 Å². The van der Waals surface area contributed by atoms with E-state index in [-0.39, 0.29) is 10.8 Å². The molecule has 0 radical (unpaired) electrons. The fourth-order valence-corrected chi connectivity index (χ4v) is 6.63. The summed E-state index contributed by atoms with van der Waals surface area (Å²) >= 11 is 0. The fourth-order valence-electron chi connectivity index (χ4n) is 6.63. The van der Waals surface area contributed by atoms with E-state index in [1.165, 1.54) is 119 Å². The van der Waals surface area contributed by atoms with Crippen molar-refractivity contribution >= 4 is 0 Å². The summed E-state index contributed by atoms with van der Waals surface area (Å²) in [6, 6.07) is 16.9. The minimum absolute atomic E-state index is 0.210. The fraction of sp³-hybridized carbons (Fsp3) is 0.707. The molecule has 0 amide bonds. The van der Waals surface area contributed by atoms with Gasteiger partial charge in [0.25, 0.3) is 0 Å². The van der Waals surface area contributed by atoms with Gasteiger partial charge in [0.1, 0.15) is 0 Å². The van der Waals surface area contributed by atoms with E-state index in [4.69, 9.17) is 0 Å². The summed E-state index contributed by atoms with van der Waals surface area (Å²) in [5.74, 6) is 1.77. The third-order valence-electron chi connectivity index (χ3n) is 10.6. The number of unbranched alkanes of at least 4 members (excludes halogenated alkanes) is 10. The van der Waals surface area contributed by atoms with Crippen molar-refractivity contribution in [2.24, 2.45) is 11.8 Å². The van der Waals surface area contributed by atoms with Crippen molar-refractivity contribution in [3.63, 3.8) is 0 Å². The van der Waals surface area contributed by atoms with E-state index in [0.717, 1.165) is 11.8 Å². The molecule has 0 heterocycles. The van der Waals surface area contributed by atoms with Crippen LogP contribution in [0, 0.1) is 11.8 Å². The van der Waals surface area contributed by atoms with E-state index in [1.54, 1.807) is 11.1 Å². The highest BCUT2D eigenvalue weighted by Gasteiger charge is 2.42. The first kappa shape index (κ1) is 35.6. The predicted molar refractivity (Wildman–Crippen MR) is 186 cm³/mol. The Bertz CT molecular complexity index is 961. The number of hydrogen-bond donors (Lipinski definition) is 0. The first-order chi connectivity index (χ1) is 19.7. The molecule has 232 valence electrons.